The highest BCUT2D eigenvalue weighted by molar-refractivity contribution is 5.25. The predicted molar refractivity (Wildman–Crippen MR) is 76.0 cm³/mol. The number of hydrogen-bond acceptors (Lipinski definition) is 2. The molecule has 0 aliphatic carbocycles. The van der Waals surface area contributed by atoms with Crippen LogP contribution in [0.5, 0.6) is 0 Å². The molecule has 2 nitrogen and oxygen atoms in total. The van der Waals surface area contributed by atoms with Crippen molar-refractivity contribution in [2.75, 3.05) is 26.8 Å². The van der Waals surface area contributed by atoms with Crippen LogP contribution < -0.4 is 5.32 Å². The number of hydrogen-bond donors (Lipinski definition) is 1. The first-order valence-electron chi connectivity index (χ1n) is 6.96. The van der Waals surface area contributed by atoms with Crippen molar-refractivity contribution in [3.8, 4) is 0 Å². The highest BCUT2D eigenvalue weighted by atomic mass is 16.5. The third-order valence-corrected chi connectivity index (χ3v) is 3.96. The number of benzene rings is 1. The molecule has 1 aliphatic rings. The van der Waals surface area contributed by atoms with E-state index in [2.05, 4.69) is 43.4 Å². The van der Waals surface area contributed by atoms with E-state index in [9.17, 15) is 0 Å². The zero-order valence-electron chi connectivity index (χ0n) is 11.8. The van der Waals surface area contributed by atoms with Crippen LogP contribution in [0.3, 0.4) is 0 Å². The van der Waals surface area contributed by atoms with Crippen molar-refractivity contribution >= 4 is 0 Å². The van der Waals surface area contributed by atoms with E-state index in [1.165, 1.54) is 17.5 Å². The fraction of sp³-hybridized carbons (Fsp3) is 0.625. The molecule has 0 spiro atoms. The second kappa shape index (κ2) is 5.85. The second-order valence-corrected chi connectivity index (χ2v) is 5.91. The summed E-state index contributed by atoms with van der Waals surface area (Å²) < 4.78 is 5.61. The highest BCUT2D eigenvalue weighted by Gasteiger charge is 2.34. The number of nitrogens with one attached hydrogen (secondary N) is 1. The first kappa shape index (κ1) is 13.6. The first-order valence-corrected chi connectivity index (χ1v) is 6.96. The standard InChI is InChI=1S/C16H25NO/c1-13(2)15-6-4-14(5-7-15)10-16(11-17-3)8-9-18-12-16/h4-7,13,17H,8-12H2,1-3H3. The minimum Gasteiger partial charge on any atom is -0.381 e. The smallest absolute Gasteiger partial charge is 0.0538 e. The van der Waals surface area contributed by atoms with E-state index in [0.717, 1.165) is 26.2 Å². The summed E-state index contributed by atoms with van der Waals surface area (Å²) in [4.78, 5) is 0. The normalized spacial score (nSPS) is 23.8. The molecule has 1 heterocycles. The molecule has 1 aliphatic heterocycles. The summed E-state index contributed by atoms with van der Waals surface area (Å²) in [5.74, 6) is 0.611. The SMILES string of the molecule is CNCC1(Cc2ccc(C(C)C)cc2)CCOC1. The van der Waals surface area contributed by atoms with E-state index in [1.807, 2.05) is 7.05 Å². The van der Waals surface area contributed by atoms with E-state index in [-0.39, 0.29) is 0 Å². The van der Waals surface area contributed by atoms with Gasteiger partial charge in [0.15, 0.2) is 0 Å². The molecule has 1 N–H and O–H groups in total. The molecular weight excluding hydrogens is 222 g/mol. The lowest BCUT2D eigenvalue weighted by molar-refractivity contribution is 0.150. The van der Waals surface area contributed by atoms with Crippen LogP contribution in [0.1, 0.15) is 37.3 Å². The van der Waals surface area contributed by atoms with Crippen molar-refractivity contribution in [3.05, 3.63) is 35.4 Å². The van der Waals surface area contributed by atoms with E-state index >= 15 is 0 Å². The van der Waals surface area contributed by atoms with Crippen LogP contribution in [0.25, 0.3) is 0 Å². The molecule has 1 fully saturated rings. The van der Waals surface area contributed by atoms with Crippen LogP contribution in [0.2, 0.25) is 0 Å². The zero-order valence-corrected chi connectivity index (χ0v) is 11.8. The van der Waals surface area contributed by atoms with E-state index in [1.54, 1.807) is 0 Å². The third kappa shape index (κ3) is 3.12. The van der Waals surface area contributed by atoms with E-state index in [0.29, 0.717) is 11.3 Å². The fourth-order valence-electron chi connectivity index (χ4n) is 2.82. The van der Waals surface area contributed by atoms with Gasteiger partial charge < -0.3 is 10.1 Å². The summed E-state index contributed by atoms with van der Waals surface area (Å²) in [5.41, 5.74) is 3.15. The van der Waals surface area contributed by atoms with Crippen molar-refractivity contribution in [2.45, 2.75) is 32.6 Å². The van der Waals surface area contributed by atoms with Crippen molar-refractivity contribution in [1.82, 2.24) is 5.32 Å². The van der Waals surface area contributed by atoms with Gasteiger partial charge in [-0.1, -0.05) is 38.1 Å². The lowest BCUT2D eigenvalue weighted by Gasteiger charge is -2.27. The van der Waals surface area contributed by atoms with Gasteiger partial charge in [0.25, 0.3) is 0 Å². The maximum atomic E-state index is 5.61. The van der Waals surface area contributed by atoms with Gasteiger partial charge in [-0.05, 0) is 36.9 Å². The summed E-state index contributed by atoms with van der Waals surface area (Å²) in [6.45, 7) is 7.31. The molecule has 0 bridgehead atoms. The zero-order chi connectivity index (χ0) is 13.0. The van der Waals surface area contributed by atoms with Crippen LogP contribution in [-0.4, -0.2) is 26.8 Å². The molecule has 0 aromatic heterocycles. The van der Waals surface area contributed by atoms with Gasteiger partial charge in [0.05, 0.1) is 6.61 Å². The van der Waals surface area contributed by atoms with E-state index < -0.39 is 0 Å². The molecule has 0 radical (unpaired) electrons. The topological polar surface area (TPSA) is 21.3 Å². The highest BCUT2D eigenvalue weighted by Crippen LogP contribution is 2.32. The minimum absolute atomic E-state index is 0.300. The van der Waals surface area contributed by atoms with Crippen LogP contribution in [0, 0.1) is 5.41 Å². The number of ether oxygens (including phenoxy) is 1. The molecule has 2 heteroatoms. The van der Waals surface area contributed by atoms with Gasteiger partial charge in [-0.3, -0.25) is 0 Å². The van der Waals surface area contributed by atoms with Crippen molar-refractivity contribution in [1.29, 1.82) is 0 Å². The third-order valence-electron chi connectivity index (χ3n) is 3.96. The van der Waals surface area contributed by atoms with E-state index in [4.69, 9.17) is 4.74 Å². The molecule has 1 aromatic rings. The molecule has 1 unspecified atom stereocenters. The van der Waals surface area contributed by atoms with Crippen molar-refractivity contribution in [3.63, 3.8) is 0 Å². The Morgan fingerprint density at radius 2 is 2.00 bits per heavy atom. The molecular formula is C16H25NO. The summed E-state index contributed by atoms with van der Waals surface area (Å²) in [5, 5.41) is 3.32. The summed E-state index contributed by atoms with van der Waals surface area (Å²) in [6, 6.07) is 9.10. The van der Waals surface area contributed by atoms with Gasteiger partial charge >= 0.3 is 0 Å². The molecule has 2 rings (SSSR count). The Bertz CT molecular complexity index is 363. The fourth-order valence-corrected chi connectivity index (χ4v) is 2.82. The van der Waals surface area contributed by atoms with Gasteiger partial charge in [-0.25, -0.2) is 0 Å². The Kier molecular flexibility index (Phi) is 4.41. The van der Waals surface area contributed by atoms with Crippen LogP contribution in [-0.2, 0) is 11.2 Å². The summed E-state index contributed by atoms with van der Waals surface area (Å²) in [6.07, 6.45) is 2.28. The summed E-state index contributed by atoms with van der Waals surface area (Å²) in [7, 11) is 2.03. The van der Waals surface area contributed by atoms with Crippen LogP contribution >= 0.6 is 0 Å². The Morgan fingerprint density at radius 1 is 1.28 bits per heavy atom. The number of rotatable bonds is 5. The average molecular weight is 247 g/mol. The summed E-state index contributed by atoms with van der Waals surface area (Å²) >= 11 is 0. The average Bonchev–Trinajstić information content (AvgIpc) is 2.79. The first-order chi connectivity index (χ1) is 8.65. The van der Waals surface area contributed by atoms with Crippen molar-refractivity contribution < 1.29 is 4.74 Å². The maximum absolute atomic E-state index is 5.61. The molecule has 18 heavy (non-hydrogen) atoms. The molecule has 1 saturated heterocycles. The van der Waals surface area contributed by atoms with Gasteiger partial charge in [-0.15, -0.1) is 0 Å². The van der Waals surface area contributed by atoms with Gasteiger partial charge in [0.1, 0.15) is 0 Å². The molecule has 100 valence electrons. The quantitative estimate of drug-likeness (QED) is 0.863. The Balaban J connectivity index is 2.07. The van der Waals surface area contributed by atoms with Gasteiger partial charge in [-0.2, -0.15) is 0 Å². The lowest BCUT2D eigenvalue weighted by atomic mass is 9.80. The molecule has 1 atom stereocenters. The Hall–Kier alpha value is -0.860. The Morgan fingerprint density at radius 3 is 2.50 bits per heavy atom. The largest absolute Gasteiger partial charge is 0.381 e. The van der Waals surface area contributed by atoms with Gasteiger partial charge in [0.2, 0.25) is 0 Å². The molecule has 0 saturated carbocycles. The second-order valence-electron chi connectivity index (χ2n) is 5.91. The predicted octanol–water partition coefficient (Wildman–Crippen LogP) is 2.98. The minimum atomic E-state index is 0.300. The van der Waals surface area contributed by atoms with Crippen LogP contribution in [0.15, 0.2) is 24.3 Å². The maximum Gasteiger partial charge on any atom is 0.0538 e. The van der Waals surface area contributed by atoms with Gasteiger partial charge in [0, 0.05) is 18.6 Å². The molecule has 0 amide bonds. The van der Waals surface area contributed by atoms with Crippen molar-refractivity contribution in [2.24, 2.45) is 5.41 Å². The van der Waals surface area contributed by atoms with Crippen LogP contribution in [0.4, 0.5) is 0 Å². The molecule has 1 aromatic carbocycles. The Labute approximate surface area is 111 Å². The monoisotopic (exact) mass is 247 g/mol. The lowest BCUT2D eigenvalue weighted by Crippen LogP contribution is -2.35.